The molecule has 0 unspecified atom stereocenters. The van der Waals surface area contributed by atoms with Gasteiger partial charge in [-0.05, 0) is 233 Å². The van der Waals surface area contributed by atoms with Crippen molar-refractivity contribution in [2.24, 2.45) is 0 Å². The number of nitrogens with one attached hydrogen (secondary N) is 2. The third-order valence-electron chi connectivity index (χ3n) is 15.8. The molecule has 0 aliphatic rings. The van der Waals surface area contributed by atoms with Gasteiger partial charge in [0, 0.05) is 78.2 Å². The summed E-state index contributed by atoms with van der Waals surface area (Å²) in [5.41, 5.74) is 16.6. The Morgan fingerprint density at radius 1 is 0.442 bits per heavy atom. The van der Waals surface area contributed by atoms with Crippen LogP contribution in [0.3, 0.4) is 0 Å². The van der Waals surface area contributed by atoms with E-state index in [1.807, 2.05) is 182 Å². The highest BCUT2D eigenvalue weighted by molar-refractivity contribution is 7.19. The molecule has 0 saturated carbocycles. The van der Waals surface area contributed by atoms with Gasteiger partial charge in [0.25, 0.3) is 0 Å². The Bertz CT molecular complexity index is 5330. The average Bonchev–Trinajstić information content (AvgIpc) is 1.67. The van der Waals surface area contributed by atoms with Gasteiger partial charge in [-0.25, -0.2) is 24.8 Å². The minimum atomic E-state index is 0.265. The van der Waals surface area contributed by atoms with Crippen LogP contribution in [0.5, 0.6) is 17.2 Å². The number of imidazole rings is 1. The van der Waals surface area contributed by atoms with Crippen LogP contribution in [0.25, 0.3) is 89.6 Å². The molecule has 18 aromatic rings. The van der Waals surface area contributed by atoms with E-state index in [-0.39, 0.29) is 5.75 Å². The highest BCUT2D eigenvalue weighted by Gasteiger charge is 2.07. The molecule has 0 bridgehead atoms. The van der Waals surface area contributed by atoms with Crippen LogP contribution in [0.2, 0.25) is 0 Å². The molecule has 0 amide bonds. The summed E-state index contributed by atoms with van der Waals surface area (Å²) in [6, 6.07) is 69.7. The van der Waals surface area contributed by atoms with Gasteiger partial charge in [0.05, 0.1) is 54.7 Å². The lowest BCUT2D eigenvalue weighted by Crippen LogP contribution is -1.73. The van der Waals surface area contributed by atoms with Crippen LogP contribution in [-0.2, 0) is 0 Å². The zero-order chi connectivity index (χ0) is 74.4. The summed E-state index contributed by atoms with van der Waals surface area (Å²) in [4.78, 5) is 35.7. The van der Waals surface area contributed by atoms with Gasteiger partial charge in [0.15, 0.2) is 17.2 Å². The summed E-state index contributed by atoms with van der Waals surface area (Å²) in [6.45, 7) is 33.0. The second-order valence-corrected chi connectivity index (χ2v) is 29.3. The van der Waals surface area contributed by atoms with Gasteiger partial charge in [-0.1, -0.05) is 83.9 Å². The van der Waals surface area contributed by atoms with Crippen LogP contribution in [-0.4, -0.2) is 50.2 Å². The lowest BCUT2D eigenvalue weighted by atomic mass is 10.1. The largest absolute Gasteiger partial charge is 0.508 e. The van der Waals surface area contributed by atoms with E-state index in [9.17, 15) is 10.2 Å². The van der Waals surface area contributed by atoms with Crippen molar-refractivity contribution in [3.05, 3.63) is 312 Å². The molecular formula is C86H81N9O5S4. The predicted molar refractivity (Wildman–Crippen MR) is 436 cm³/mol. The molecule has 14 nitrogen and oxygen atoms in total. The number of pyridine rings is 2. The summed E-state index contributed by atoms with van der Waals surface area (Å²) in [6.07, 6.45) is 3.66. The second kappa shape index (κ2) is 36.7. The molecule has 0 radical (unpaired) electrons. The van der Waals surface area contributed by atoms with Crippen LogP contribution in [0.15, 0.2) is 234 Å². The number of hydrogen-bond donors (Lipinski definition) is 5. The molecule has 10 aromatic heterocycles. The number of H-pyrrole nitrogens is 2. The van der Waals surface area contributed by atoms with Gasteiger partial charge in [0.2, 0.25) is 0 Å². The molecule has 0 aliphatic heterocycles. The number of nitriles is 1. The number of aromatic hydroxyl groups is 3. The molecule has 0 aliphatic carbocycles. The summed E-state index contributed by atoms with van der Waals surface area (Å²) in [5.74, 6) is 3.49. The Morgan fingerprint density at radius 3 is 1.79 bits per heavy atom. The lowest BCUT2D eigenvalue weighted by Gasteiger charge is -1.92. The number of thiophene rings is 3. The van der Waals surface area contributed by atoms with Gasteiger partial charge in [-0.2, -0.15) is 5.26 Å². The molecule has 0 saturated heterocycles. The average molecular weight is 1450 g/mol. The van der Waals surface area contributed by atoms with Gasteiger partial charge < -0.3 is 34.1 Å². The van der Waals surface area contributed by atoms with Crippen LogP contribution < -0.4 is 0 Å². The first-order valence-electron chi connectivity index (χ1n) is 33.2. The number of aromatic amines is 2. The Kier molecular flexibility index (Phi) is 27.0. The summed E-state index contributed by atoms with van der Waals surface area (Å²) in [5, 5.41) is 42.0. The molecule has 0 atom stereocenters. The van der Waals surface area contributed by atoms with Crippen molar-refractivity contribution in [2.75, 3.05) is 0 Å². The highest BCUT2D eigenvalue weighted by Crippen LogP contribution is 2.33. The van der Waals surface area contributed by atoms with Crippen molar-refractivity contribution < 1.29 is 24.2 Å². The molecule has 0 spiro atoms. The van der Waals surface area contributed by atoms with E-state index < -0.39 is 0 Å². The fraction of sp³-hybridized carbons (Fsp3) is 0.151. The third kappa shape index (κ3) is 22.1. The van der Waals surface area contributed by atoms with Crippen molar-refractivity contribution >= 4 is 136 Å². The van der Waals surface area contributed by atoms with Gasteiger partial charge >= 0.3 is 0 Å². The number of phenols is 3. The van der Waals surface area contributed by atoms with Crippen molar-refractivity contribution in [3.63, 3.8) is 0 Å². The third-order valence-corrected chi connectivity index (χ3v) is 19.9. The highest BCUT2D eigenvalue weighted by atomic mass is 32.1. The molecule has 5 N–H and O–H groups in total. The summed E-state index contributed by atoms with van der Waals surface area (Å²) >= 11 is 7.00. The van der Waals surface area contributed by atoms with Crippen LogP contribution >= 0.6 is 45.3 Å². The number of fused-ring (bicyclic) bond motifs is 8. The monoisotopic (exact) mass is 1450 g/mol. The second-order valence-electron chi connectivity index (χ2n) is 24.3. The fourth-order valence-electron chi connectivity index (χ4n) is 10.5. The van der Waals surface area contributed by atoms with Gasteiger partial charge in [-0.3, -0.25) is 4.98 Å². The number of thiazole rings is 1. The summed E-state index contributed by atoms with van der Waals surface area (Å²) in [7, 11) is 0. The van der Waals surface area contributed by atoms with Crippen molar-refractivity contribution in [2.45, 2.75) is 90.0 Å². The van der Waals surface area contributed by atoms with E-state index in [0.29, 0.717) is 17.2 Å². The first kappa shape index (κ1) is 76.4. The molecule has 10 heterocycles. The zero-order valence-corrected chi connectivity index (χ0v) is 63.5. The number of phenolic OH excluding ortho intramolecular Hbond substituents is 3. The van der Waals surface area contributed by atoms with E-state index in [4.69, 9.17) is 25.8 Å². The number of furan rings is 1. The molecule has 18 heteroatoms. The van der Waals surface area contributed by atoms with E-state index >= 15 is 0 Å². The summed E-state index contributed by atoms with van der Waals surface area (Å²) < 4.78 is 14.4. The van der Waals surface area contributed by atoms with Crippen LogP contribution in [0.1, 0.15) is 76.2 Å². The molecular weight excluding hydrogens is 1370 g/mol. The van der Waals surface area contributed by atoms with Gasteiger partial charge in [0.1, 0.15) is 44.8 Å². The van der Waals surface area contributed by atoms with Crippen molar-refractivity contribution in [1.29, 1.82) is 5.26 Å². The molecule has 8 aromatic carbocycles. The maximum atomic E-state index is 9.24. The number of para-hydroxylation sites is 3. The molecule has 18 rings (SSSR count). The number of benzene rings is 8. The van der Waals surface area contributed by atoms with E-state index in [1.165, 1.54) is 72.5 Å². The number of rotatable bonds is 0. The van der Waals surface area contributed by atoms with Crippen molar-refractivity contribution in [1.82, 2.24) is 34.9 Å². The number of aromatic nitrogens is 7. The van der Waals surface area contributed by atoms with E-state index in [2.05, 4.69) is 136 Å². The minimum absolute atomic E-state index is 0.265. The van der Waals surface area contributed by atoms with E-state index in [0.717, 1.165) is 88.4 Å². The number of nitrogens with zero attached hydrogens (tertiary/aromatic N) is 7. The number of oxazole rings is 1. The molecule has 0 fully saturated rings. The normalized spacial score (nSPS) is 10.3. The van der Waals surface area contributed by atoms with Crippen molar-refractivity contribution in [3.8, 4) is 23.3 Å². The van der Waals surface area contributed by atoms with Gasteiger partial charge in [-0.15, -0.1) is 45.3 Å². The Balaban J connectivity index is 0.000000134. The predicted octanol–water partition coefficient (Wildman–Crippen LogP) is 24.7. The molecule has 104 heavy (non-hydrogen) atoms. The quantitative estimate of drug-likeness (QED) is 0.0902. The minimum Gasteiger partial charge on any atom is -0.508 e. The molecule has 524 valence electrons. The number of aryl methyl sites for hydroxylation is 13. The standard InChI is InChI=1S/C10H11NO.C10H10OS.C10H10O.C8H8N2O.C8H7NO.3C8H7NS.2C8H7N/c1-6-7(2)11-10-5-8(12)3-4-9(6)10;1-6-7(2)12-10-5-8(11)3-4-9(6)10;1-7-3-4-10-9(5-7)6-8(2)11-10;1-5-9-7-3-2-6(11)4-8(7)10-5;1-6-9-7-4-2-3-5-8(7)10-6;1-6-5-7-8(10-6)3-2-4-9-7;1-6-5-7-3-2-4-9-8(7)10-6;1-6-9-7-4-2-3-5-8(7)10-6;1-7-3-5-8(9-2)6-4-7;1-7-3-2-4-8(5-7)6-9/h3-5,11-12H,1-2H3;3-5,11H,1-2H3;3-6H,1-2H3;2-4,11H,1H3,(H,9,10);4*2-5H,1H3;3-6H,1H3;2-5H,1H3. The zero-order valence-electron chi connectivity index (χ0n) is 60.3. The van der Waals surface area contributed by atoms with Crippen LogP contribution in [0, 0.1) is 108 Å². The fourth-order valence-corrected chi connectivity index (χ4v) is 14.2. The number of hydrogen-bond acceptors (Lipinski definition) is 15. The Hall–Kier alpha value is -11.8. The first-order valence-corrected chi connectivity index (χ1v) is 36.5. The van der Waals surface area contributed by atoms with E-state index in [1.54, 1.807) is 87.8 Å². The maximum Gasteiger partial charge on any atom is 0.192 e. The SMILES string of the molecule is Cc1[nH]c2cc(O)ccc2c1C.Cc1cc2cccnc2s1.Cc1cc2ncccc2s1.Cc1ccc2oc(C)cc2c1.Cc1cccc(C#N)c1.Cc1nc2ccc(O)cc2[nH]1.Cc1nc2ccccc2o1.Cc1nc2ccccc2s1.Cc1sc2cc(O)ccc2c1C.[C-]#[N+]c1ccc(C)cc1. The Labute approximate surface area is 621 Å². The maximum absolute atomic E-state index is 9.24. The Morgan fingerprint density at radius 2 is 1.09 bits per heavy atom. The first-order chi connectivity index (χ1) is 50.0. The smallest absolute Gasteiger partial charge is 0.192 e. The topological polar surface area (TPSA) is 211 Å². The lowest BCUT2D eigenvalue weighted by molar-refractivity contribution is 0.475. The van der Waals surface area contributed by atoms with Crippen LogP contribution in [0.4, 0.5) is 5.69 Å².